The van der Waals surface area contributed by atoms with Gasteiger partial charge in [-0.15, -0.1) is 0 Å². The van der Waals surface area contributed by atoms with Crippen molar-refractivity contribution >= 4 is 0 Å². The molecule has 4 nitrogen and oxygen atoms in total. The van der Waals surface area contributed by atoms with E-state index in [1.54, 1.807) is 0 Å². The lowest BCUT2D eigenvalue weighted by Crippen LogP contribution is -1.96. The molecule has 1 aromatic heterocycles. The van der Waals surface area contributed by atoms with E-state index in [-0.39, 0.29) is 0 Å². The Morgan fingerprint density at radius 3 is 2.48 bits per heavy atom. The average Bonchev–Trinajstić information content (AvgIpc) is 3.03. The molecule has 0 saturated heterocycles. The summed E-state index contributed by atoms with van der Waals surface area (Å²) in [5, 5.41) is 4.07. The first-order valence-electron chi connectivity index (χ1n) is 7.84. The highest BCUT2D eigenvalue weighted by molar-refractivity contribution is 5.54. The van der Waals surface area contributed by atoms with Crippen LogP contribution in [0.4, 0.5) is 0 Å². The van der Waals surface area contributed by atoms with Crippen molar-refractivity contribution in [3.8, 4) is 11.4 Å². The molecule has 0 aliphatic rings. The van der Waals surface area contributed by atoms with Crippen molar-refractivity contribution < 1.29 is 4.52 Å². The Labute approximate surface area is 136 Å². The Hall–Kier alpha value is -2.46. The van der Waals surface area contributed by atoms with Gasteiger partial charge in [0.25, 0.3) is 0 Å². The van der Waals surface area contributed by atoms with Crippen molar-refractivity contribution in [1.82, 2.24) is 10.1 Å². The zero-order valence-electron chi connectivity index (χ0n) is 13.5. The Morgan fingerprint density at radius 1 is 1.00 bits per heavy atom. The molecule has 2 N–H and O–H groups in total. The lowest BCUT2D eigenvalue weighted by Gasteiger charge is -2.04. The normalized spacial score (nSPS) is 10.9. The molecule has 0 radical (unpaired) electrons. The summed E-state index contributed by atoms with van der Waals surface area (Å²) in [5.74, 6) is 1.30. The molecule has 0 spiro atoms. The standard InChI is InChI=1S/C19H21N3O/c1-13-3-6-16(14(2)11-13)9-10-18-21-19(22-23-18)17-7-4-15(12-20)5-8-17/h3-8,11H,9-10,12,20H2,1-2H3. The van der Waals surface area contributed by atoms with Crippen molar-refractivity contribution in [3.63, 3.8) is 0 Å². The third kappa shape index (κ3) is 3.66. The van der Waals surface area contributed by atoms with Gasteiger partial charge >= 0.3 is 0 Å². The summed E-state index contributed by atoms with van der Waals surface area (Å²) in [6, 6.07) is 14.4. The third-order valence-electron chi connectivity index (χ3n) is 4.02. The molecule has 118 valence electrons. The number of hydrogen-bond acceptors (Lipinski definition) is 4. The summed E-state index contributed by atoms with van der Waals surface area (Å²) < 4.78 is 5.38. The molecule has 3 aromatic rings. The Morgan fingerprint density at radius 2 is 1.78 bits per heavy atom. The number of aromatic nitrogens is 2. The van der Waals surface area contributed by atoms with Gasteiger partial charge < -0.3 is 10.3 Å². The number of nitrogens with two attached hydrogens (primary N) is 1. The number of rotatable bonds is 5. The zero-order valence-corrected chi connectivity index (χ0v) is 13.5. The molecule has 2 aromatic carbocycles. The molecule has 0 atom stereocenters. The topological polar surface area (TPSA) is 64.9 Å². The lowest BCUT2D eigenvalue weighted by atomic mass is 10.0. The van der Waals surface area contributed by atoms with Crippen LogP contribution in [-0.2, 0) is 19.4 Å². The van der Waals surface area contributed by atoms with Crippen molar-refractivity contribution in [2.24, 2.45) is 5.73 Å². The van der Waals surface area contributed by atoms with Crippen LogP contribution < -0.4 is 5.73 Å². The van der Waals surface area contributed by atoms with Gasteiger partial charge in [0.15, 0.2) is 0 Å². The maximum atomic E-state index is 5.61. The van der Waals surface area contributed by atoms with Gasteiger partial charge in [-0.05, 0) is 37.0 Å². The van der Waals surface area contributed by atoms with E-state index in [0.29, 0.717) is 18.3 Å². The molecule has 23 heavy (non-hydrogen) atoms. The SMILES string of the molecule is Cc1ccc(CCc2nc(-c3ccc(CN)cc3)no2)c(C)c1. The summed E-state index contributed by atoms with van der Waals surface area (Å²) in [7, 11) is 0. The number of aryl methyl sites for hydroxylation is 4. The molecule has 0 fully saturated rings. The highest BCUT2D eigenvalue weighted by Gasteiger charge is 2.09. The van der Waals surface area contributed by atoms with E-state index < -0.39 is 0 Å². The number of nitrogens with zero attached hydrogens (tertiary/aromatic N) is 2. The second-order valence-electron chi connectivity index (χ2n) is 5.84. The quantitative estimate of drug-likeness (QED) is 0.782. The van der Waals surface area contributed by atoms with Crippen LogP contribution in [0, 0.1) is 13.8 Å². The smallest absolute Gasteiger partial charge is 0.227 e. The first kappa shape index (κ1) is 15.4. The summed E-state index contributed by atoms with van der Waals surface area (Å²) >= 11 is 0. The van der Waals surface area contributed by atoms with Crippen molar-refractivity contribution in [2.45, 2.75) is 33.2 Å². The number of hydrogen-bond donors (Lipinski definition) is 1. The van der Waals surface area contributed by atoms with Crippen molar-refractivity contribution in [1.29, 1.82) is 0 Å². The van der Waals surface area contributed by atoms with Crippen LogP contribution in [0.25, 0.3) is 11.4 Å². The second kappa shape index (κ2) is 6.75. The van der Waals surface area contributed by atoms with E-state index in [9.17, 15) is 0 Å². The van der Waals surface area contributed by atoms with Gasteiger partial charge in [0.2, 0.25) is 11.7 Å². The second-order valence-corrected chi connectivity index (χ2v) is 5.84. The summed E-state index contributed by atoms with van der Waals surface area (Å²) in [6.45, 7) is 4.78. The van der Waals surface area contributed by atoms with Crippen LogP contribution in [0.1, 0.15) is 28.1 Å². The molecule has 4 heteroatoms. The fourth-order valence-electron chi connectivity index (χ4n) is 2.63. The van der Waals surface area contributed by atoms with Gasteiger partial charge in [0.1, 0.15) is 0 Å². The molecular formula is C19H21N3O. The maximum absolute atomic E-state index is 5.61. The fraction of sp³-hybridized carbons (Fsp3) is 0.263. The third-order valence-corrected chi connectivity index (χ3v) is 4.02. The molecule has 0 aliphatic heterocycles. The molecule has 3 rings (SSSR count). The van der Waals surface area contributed by atoms with Crippen molar-refractivity contribution in [2.75, 3.05) is 0 Å². The fourth-order valence-corrected chi connectivity index (χ4v) is 2.63. The van der Waals surface area contributed by atoms with Crippen LogP contribution in [0.2, 0.25) is 0 Å². The van der Waals surface area contributed by atoms with E-state index in [4.69, 9.17) is 10.3 Å². The van der Waals surface area contributed by atoms with E-state index in [0.717, 1.165) is 24.0 Å². The predicted octanol–water partition coefficient (Wildman–Crippen LogP) is 3.60. The molecule has 0 amide bonds. The minimum Gasteiger partial charge on any atom is -0.339 e. The van der Waals surface area contributed by atoms with Gasteiger partial charge in [-0.3, -0.25) is 0 Å². The van der Waals surface area contributed by atoms with Crippen LogP contribution in [0.15, 0.2) is 47.0 Å². The lowest BCUT2D eigenvalue weighted by molar-refractivity contribution is 0.379. The van der Waals surface area contributed by atoms with E-state index in [2.05, 4.69) is 42.2 Å². The molecule has 1 heterocycles. The molecular weight excluding hydrogens is 286 g/mol. The minimum absolute atomic E-state index is 0.535. The van der Waals surface area contributed by atoms with Gasteiger partial charge in [-0.25, -0.2) is 0 Å². The molecule has 0 aliphatic carbocycles. The monoisotopic (exact) mass is 307 g/mol. The Kier molecular flexibility index (Phi) is 4.53. The van der Waals surface area contributed by atoms with E-state index in [1.165, 1.54) is 16.7 Å². The zero-order chi connectivity index (χ0) is 16.2. The number of benzene rings is 2. The Balaban J connectivity index is 1.69. The predicted molar refractivity (Wildman–Crippen MR) is 90.9 cm³/mol. The summed E-state index contributed by atoms with van der Waals surface area (Å²) in [4.78, 5) is 4.49. The van der Waals surface area contributed by atoms with E-state index in [1.807, 2.05) is 24.3 Å². The van der Waals surface area contributed by atoms with Gasteiger partial charge in [-0.2, -0.15) is 4.98 Å². The highest BCUT2D eigenvalue weighted by Crippen LogP contribution is 2.18. The van der Waals surface area contributed by atoms with Crippen LogP contribution >= 0.6 is 0 Å². The van der Waals surface area contributed by atoms with Crippen LogP contribution in [0.3, 0.4) is 0 Å². The summed E-state index contributed by atoms with van der Waals surface area (Å²) in [5.41, 5.74) is 11.6. The van der Waals surface area contributed by atoms with E-state index >= 15 is 0 Å². The molecule has 0 unspecified atom stereocenters. The largest absolute Gasteiger partial charge is 0.339 e. The first-order valence-corrected chi connectivity index (χ1v) is 7.84. The maximum Gasteiger partial charge on any atom is 0.227 e. The van der Waals surface area contributed by atoms with Crippen molar-refractivity contribution in [3.05, 3.63) is 70.6 Å². The molecule has 0 saturated carbocycles. The summed E-state index contributed by atoms with van der Waals surface area (Å²) in [6.07, 6.45) is 1.65. The average molecular weight is 307 g/mol. The van der Waals surface area contributed by atoms with Gasteiger partial charge in [0, 0.05) is 18.5 Å². The minimum atomic E-state index is 0.535. The Bertz CT molecular complexity index is 791. The van der Waals surface area contributed by atoms with Gasteiger partial charge in [-0.1, -0.05) is 53.2 Å². The first-order chi connectivity index (χ1) is 11.2. The van der Waals surface area contributed by atoms with Crippen LogP contribution in [0.5, 0.6) is 0 Å². The highest BCUT2D eigenvalue weighted by atomic mass is 16.5. The molecule has 0 bridgehead atoms. The van der Waals surface area contributed by atoms with Gasteiger partial charge in [0.05, 0.1) is 0 Å². The van der Waals surface area contributed by atoms with Crippen LogP contribution in [-0.4, -0.2) is 10.1 Å².